The molecule has 0 N–H and O–H groups in total. The summed E-state index contributed by atoms with van der Waals surface area (Å²) in [5.41, 5.74) is 4.92. The van der Waals surface area contributed by atoms with Gasteiger partial charge in [0.05, 0.1) is 35.2 Å². The van der Waals surface area contributed by atoms with Gasteiger partial charge in [-0.3, -0.25) is 4.57 Å². The van der Waals surface area contributed by atoms with Crippen LogP contribution in [0.1, 0.15) is 15.3 Å². The first-order chi connectivity index (χ1) is 21.6. The predicted octanol–water partition coefficient (Wildman–Crippen LogP) is 11.1. The lowest BCUT2D eigenvalue weighted by atomic mass is 10.1. The maximum Gasteiger partial charge on any atom is 0.263 e. The van der Waals surface area contributed by atoms with Gasteiger partial charge in [0.25, 0.3) is 5.79 Å². The van der Waals surface area contributed by atoms with Gasteiger partial charge in [-0.2, -0.15) is 0 Å². The summed E-state index contributed by atoms with van der Waals surface area (Å²) in [5, 5.41) is 9.44. The number of thiophene rings is 4. The number of imidazole rings is 1. The zero-order valence-corrected chi connectivity index (χ0v) is 27.5. The SMILES string of the molecule is Clc1ccccc1-c1nc(-c2cccs2)c(-c2cccs2)n1C1(c2ccccc2Cl)N=C(c2cccs2)C(c2cccs2)=N1. The molecule has 0 atom stereocenters. The van der Waals surface area contributed by atoms with Crippen LogP contribution in [0.5, 0.6) is 0 Å². The van der Waals surface area contributed by atoms with E-state index in [1.807, 2.05) is 66.7 Å². The van der Waals surface area contributed by atoms with E-state index in [1.165, 1.54) is 0 Å². The molecule has 0 aliphatic carbocycles. The quantitative estimate of drug-likeness (QED) is 0.165. The largest absolute Gasteiger partial charge is 0.274 e. The second-order valence-corrected chi connectivity index (χ2v) is 14.5. The van der Waals surface area contributed by atoms with Crippen molar-refractivity contribution in [2.75, 3.05) is 0 Å². The number of halogens is 2. The Morgan fingerprint density at radius 2 is 1.07 bits per heavy atom. The number of hydrogen-bond acceptors (Lipinski definition) is 7. The average molecular weight is 684 g/mol. The molecule has 4 nitrogen and oxygen atoms in total. The molecule has 6 heterocycles. The molecule has 7 aromatic rings. The van der Waals surface area contributed by atoms with Crippen LogP contribution in [0.15, 0.2) is 129 Å². The summed E-state index contributed by atoms with van der Waals surface area (Å²) in [4.78, 5) is 20.7. The van der Waals surface area contributed by atoms with Gasteiger partial charge in [0, 0.05) is 11.1 Å². The van der Waals surface area contributed by atoms with Gasteiger partial charge in [-0.1, -0.05) is 77.8 Å². The van der Waals surface area contributed by atoms with Gasteiger partial charge in [0.2, 0.25) is 0 Å². The fourth-order valence-electron chi connectivity index (χ4n) is 5.46. The fraction of sp³-hybridized carbons (Fsp3) is 0.0294. The summed E-state index contributed by atoms with van der Waals surface area (Å²) in [6.45, 7) is 0. The van der Waals surface area contributed by atoms with Crippen LogP contribution in [-0.2, 0) is 5.79 Å². The maximum absolute atomic E-state index is 7.11. The highest BCUT2D eigenvalue weighted by Crippen LogP contribution is 2.50. The molecule has 0 radical (unpaired) electrons. The number of benzene rings is 2. The zero-order valence-electron chi connectivity index (χ0n) is 22.7. The van der Waals surface area contributed by atoms with E-state index < -0.39 is 5.79 Å². The first kappa shape index (κ1) is 27.9. The Labute approximate surface area is 279 Å². The molecule has 0 saturated carbocycles. The van der Waals surface area contributed by atoms with E-state index >= 15 is 0 Å². The second kappa shape index (κ2) is 11.4. The smallest absolute Gasteiger partial charge is 0.263 e. The van der Waals surface area contributed by atoms with Crippen molar-refractivity contribution in [1.82, 2.24) is 9.55 Å². The Morgan fingerprint density at radius 1 is 0.545 bits per heavy atom. The third-order valence-corrected chi connectivity index (χ3v) is 11.5. The van der Waals surface area contributed by atoms with E-state index in [-0.39, 0.29) is 0 Å². The number of hydrogen-bond donors (Lipinski definition) is 0. The van der Waals surface area contributed by atoms with Gasteiger partial charge < -0.3 is 0 Å². The van der Waals surface area contributed by atoms with Gasteiger partial charge in [-0.05, 0) is 64.0 Å². The summed E-state index contributed by atoms with van der Waals surface area (Å²) in [5.74, 6) is -0.666. The van der Waals surface area contributed by atoms with Crippen LogP contribution >= 0.6 is 68.5 Å². The topological polar surface area (TPSA) is 42.5 Å². The van der Waals surface area contributed by atoms with Crippen molar-refractivity contribution in [1.29, 1.82) is 0 Å². The number of rotatable bonds is 7. The molecule has 0 saturated heterocycles. The molecule has 214 valence electrons. The lowest BCUT2D eigenvalue weighted by Crippen LogP contribution is -2.31. The molecule has 10 heteroatoms. The molecule has 8 rings (SSSR count). The van der Waals surface area contributed by atoms with Crippen LogP contribution in [0, 0.1) is 0 Å². The third kappa shape index (κ3) is 4.56. The molecule has 5 aromatic heterocycles. The number of nitrogens with zero attached hydrogens (tertiary/aromatic N) is 4. The van der Waals surface area contributed by atoms with Gasteiger partial charge in [-0.25, -0.2) is 15.0 Å². The van der Waals surface area contributed by atoms with E-state index in [2.05, 4.69) is 56.4 Å². The van der Waals surface area contributed by atoms with Crippen LogP contribution in [-0.4, -0.2) is 21.0 Å². The summed E-state index contributed by atoms with van der Waals surface area (Å²) in [6.07, 6.45) is 0. The predicted molar refractivity (Wildman–Crippen MR) is 190 cm³/mol. The van der Waals surface area contributed by atoms with Crippen LogP contribution in [0.2, 0.25) is 10.0 Å². The average Bonchev–Trinajstić information content (AvgIpc) is 3.89. The summed E-state index contributed by atoms with van der Waals surface area (Å²) in [6, 6.07) is 32.2. The molecule has 1 aliphatic heterocycles. The van der Waals surface area contributed by atoms with E-state index in [0.29, 0.717) is 15.9 Å². The zero-order chi connectivity index (χ0) is 29.7. The van der Waals surface area contributed by atoms with E-state index in [1.54, 1.807) is 45.3 Å². The monoisotopic (exact) mass is 682 g/mol. The van der Waals surface area contributed by atoms with Crippen molar-refractivity contribution in [3.63, 3.8) is 0 Å². The molecule has 0 unspecified atom stereocenters. The first-order valence-electron chi connectivity index (χ1n) is 13.6. The number of aliphatic imine (C=N–C) groups is 2. The summed E-state index contributed by atoms with van der Waals surface area (Å²) >= 11 is 20.6. The Balaban J connectivity index is 1.57. The van der Waals surface area contributed by atoms with Crippen molar-refractivity contribution < 1.29 is 0 Å². The van der Waals surface area contributed by atoms with Crippen molar-refractivity contribution in [2.45, 2.75) is 5.79 Å². The molecule has 44 heavy (non-hydrogen) atoms. The highest BCUT2D eigenvalue weighted by molar-refractivity contribution is 7.16. The molecule has 2 aromatic carbocycles. The standard InChI is InChI=1S/C34H20Cl2N4S4/c35-23-11-3-1-9-21(23)33-37-31(27-15-7-19-43-27)32(28-16-8-20-44-28)40(33)34(22-10-2-4-12-24(22)36)38-29(25-13-5-17-41-25)30(39-34)26-14-6-18-42-26/h1-20H. The first-order valence-corrected chi connectivity index (χ1v) is 17.9. The number of aromatic nitrogens is 2. The van der Waals surface area contributed by atoms with Crippen molar-refractivity contribution >= 4 is 80.0 Å². The van der Waals surface area contributed by atoms with Crippen molar-refractivity contribution in [3.05, 3.63) is 144 Å². The third-order valence-electron chi connectivity index (χ3n) is 7.32. The fourth-order valence-corrected chi connectivity index (χ4v) is 8.85. The van der Waals surface area contributed by atoms with E-state index in [0.717, 1.165) is 53.4 Å². The summed E-state index contributed by atoms with van der Waals surface area (Å²) < 4.78 is 2.16. The van der Waals surface area contributed by atoms with E-state index in [4.69, 9.17) is 38.2 Å². The van der Waals surface area contributed by atoms with Crippen LogP contribution < -0.4 is 0 Å². The van der Waals surface area contributed by atoms with Gasteiger partial charge >= 0.3 is 0 Å². The highest BCUT2D eigenvalue weighted by Gasteiger charge is 2.46. The lowest BCUT2D eigenvalue weighted by molar-refractivity contribution is 0.409. The molecule has 0 fully saturated rings. The van der Waals surface area contributed by atoms with Gasteiger partial charge in [0.1, 0.15) is 22.9 Å². The molecule has 0 spiro atoms. The molecular weight excluding hydrogens is 664 g/mol. The molecule has 0 bridgehead atoms. The van der Waals surface area contributed by atoms with Crippen molar-refractivity contribution in [3.8, 4) is 32.5 Å². The van der Waals surface area contributed by atoms with E-state index in [9.17, 15) is 0 Å². The minimum absolute atomic E-state index is 0.562. The lowest BCUT2D eigenvalue weighted by Gasteiger charge is -2.30. The molecular formula is C34H20Cl2N4S4. The molecule has 1 aliphatic rings. The summed E-state index contributed by atoms with van der Waals surface area (Å²) in [7, 11) is 0. The second-order valence-electron chi connectivity index (χ2n) is 9.89. The Kier molecular flexibility index (Phi) is 7.21. The molecule has 0 amide bonds. The maximum atomic E-state index is 7.11. The Bertz CT molecular complexity index is 2090. The normalized spacial score (nSPS) is 14.1. The van der Waals surface area contributed by atoms with Gasteiger partial charge in [0.15, 0.2) is 0 Å². The highest BCUT2D eigenvalue weighted by atomic mass is 35.5. The van der Waals surface area contributed by atoms with Gasteiger partial charge in [-0.15, -0.1) is 45.3 Å². The van der Waals surface area contributed by atoms with Crippen LogP contribution in [0.3, 0.4) is 0 Å². The van der Waals surface area contributed by atoms with Crippen LogP contribution in [0.4, 0.5) is 0 Å². The van der Waals surface area contributed by atoms with Crippen LogP contribution in [0.25, 0.3) is 32.5 Å². The Hall–Kier alpha value is -3.63. The van der Waals surface area contributed by atoms with Crippen molar-refractivity contribution in [2.24, 2.45) is 9.98 Å². The minimum atomic E-state index is -1.33. The Morgan fingerprint density at radius 3 is 1.61 bits per heavy atom. The minimum Gasteiger partial charge on any atom is -0.274 e.